The molecule has 0 atom stereocenters. The Kier molecular flexibility index (Phi) is 6.26. The van der Waals surface area contributed by atoms with E-state index in [4.69, 9.17) is 23.2 Å². The summed E-state index contributed by atoms with van der Waals surface area (Å²) in [7, 11) is 0. The van der Waals surface area contributed by atoms with Crippen molar-refractivity contribution in [2.24, 2.45) is 0 Å². The molecule has 0 unspecified atom stereocenters. The predicted molar refractivity (Wildman–Crippen MR) is 140 cm³/mol. The van der Waals surface area contributed by atoms with Gasteiger partial charge in [0.1, 0.15) is 10.3 Å². The predicted octanol–water partition coefficient (Wildman–Crippen LogP) is 6.70. The van der Waals surface area contributed by atoms with Gasteiger partial charge in [-0.2, -0.15) is 10.2 Å². The zero-order chi connectivity index (χ0) is 22.8. The van der Waals surface area contributed by atoms with Gasteiger partial charge in [-0.1, -0.05) is 83.9 Å². The summed E-state index contributed by atoms with van der Waals surface area (Å²) in [5.41, 5.74) is 5.37. The summed E-state index contributed by atoms with van der Waals surface area (Å²) in [5.74, 6) is 0. The highest BCUT2D eigenvalue weighted by atomic mass is 127. The molecule has 6 nitrogen and oxygen atoms in total. The van der Waals surface area contributed by atoms with Gasteiger partial charge in [-0.15, -0.1) is 0 Å². The van der Waals surface area contributed by atoms with E-state index in [2.05, 4.69) is 42.8 Å². The summed E-state index contributed by atoms with van der Waals surface area (Å²) >= 11 is 14.5. The highest BCUT2D eigenvalue weighted by Gasteiger charge is 2.09. The van der Waals surface area contributed by atoms with E-state index in [9.17, 15) is 0 Å². The quantitative estimate of drug-likeness (QED) is 0.168. The molecule has 0 aliphatic rings. The standard InChI is InChI=1S/C12H7ClIN3.C12H8ClN3/c13-11-6-10(8-4-2-1-3-5-8)16-12-9(14)7-15-17(11)12;13-11-8-10(9-4-2-1-3-5-9)15-12-6-7-14-16(11)12/h1-7H;1-8H. The minimum Gasteiger partial charge on any atom is -0.228 e. The van der Waals surface area contributed by atoms with Crippen molar-refractivity contribution in [2.75, 3.05) is 0 Å². The van der Waals surface area contributed by atoms with Crippen LogP contribution in [0.2, 0.25) is 10.3 Å². The average Bonchev–Trinajstić information content (AvgIpc) is 3.48. The van der Waals surface area contributed by atoms with Gasteiger partial charge in [-0.3, -0.25) is 0 Å². The van der Waals surface area contributed by atoms with Crippen LogP contribution in [0.15, 0.2) is 91.3 Å². The number of hydrogen-bond donors (Lipinski definition) is 0. The number of nitrogens with zero attached hydrogens (tertiary/aromatic N) is 6. The van der Waals surface area contributed by atoms with Gasteiger partial charge in [0.15, 0.2) is 11.3 Å². The van der Waals surface area contributed by atoms with Crippen molar-refractivity contribution in [1.82, 2.24) is 29.2 Å². The normalized spacial score (nSPS) is 10.9. The third-order valence-electron chi connectivity index (χ3n) is 4.84. The maximum Gasteiger partial charge on any atom is 0.170 e. The van der Waals surface area contributed by atoms with Crippen molar-refractivity contribution in [3.8, 4) is 22.5 Å². The van der Waals surface area contributed by atoms with Crippen molar-refractivity contribution in [2.45, 2.75) is 0 Å². The van der Waals surface area contributed by atoms with Crippen LogP contribution in [0.5, 0.6) is 0 Å². The van der Waals surface area contributed by atoms with Crippen LogP contribution in [0, 0.1) is 3.57 Å². The third kappa shape index (κ3) is 4.57. The Morgan fingerprint density at radius 2 is 1.24 bits per heavy atom. The zero-order valence-corrected chi connectivity index (χ0v) is 20.6. The van der Waals surface area contributed by atoms with Crippen molar-refractivity contribution >= 4 is 57.1 Å². The fraction of sp³-hybridized carbons (Fsp3) is 0. The van der Waals surface area contributed by atoms with Gasteiger partial charge in [0, 0.05) is 29.3 Å². The number of rotatable bonds is 2. The Balaban J connectivity index is 0.000000139. The summed E-state index contributed by atoms with van der Waals surface area (Å²) < 4.78 is 4.23. The molecule has 4 heterocycles. The molecule has 9 heteroatoms. The molecule has 0 fully saturated rings. The smallest absolute Gasteiger partial charge is 0.170 e. The average molecular weight is 585 g/mol. The highest BCUT2D eigenvalue weighted by molar-refractivity contribution is 14.1. The maximum atomic E-state index is 6.18. The number of hydrogen-bond acceptors (Lipinski definition) is 4. The number of aromatic nitrogens is 6. The maximum absolute atomic E-state index is 6.18. The van der Waals surface area contributed by atoms with Crippen molar-refractivity contribution in [1.29, 1.82) is 0 Å². The Bertz CT molecular complexity index is 1550. The van der Waals surface area contributed by atoms with Crippen LogP contribution < -0.4 is 0 Å². The van der Waals surface area contributed by atoms with Gasteiger partial charge in [-0.05, 0) is 22.6 Å². The topological polar surface area (TPSA) is 60.4 Å². The molecular weight excluding hydrogens is 570 g/mol. The number of fused-ring (bicyclic) bond motifs is 2. The summed E-state index contributed by atoms with van der Waals surface area (Å²) in [6, 6.07) is 25.4. The Morgan fingerprint density at radius 3 is 1.88 bits per heavy atom. The van der Waals surface area contributed by atoms with Gasteiger partial charge in [0.2, 0.25) is 0 Å². The lowest BCUT2D eigenvalue weighted by Gasteiger charge is -2.03. The Labute approximate surface area is 213 Å². The van der Waals surface area contributed by atoms with Crippen LogP contribution >= 0.6 is 45.8 Å². The lowest BCUT2D eigenvalue weighted by Crippen LogP contribution is -1.94. The monoisotopic (exact) mass is 584 g/mol. The fourth-order valence-corrected chi connectivity index (χ4v) is 4.22. The summed E-state index contributed by atoms with van der Waals surface area (Å²) in [6.45, 7) is 0. The molecule has 0 amide bonds. The van der Waals surface area contributed by atoms with E-state index in [0.717, 1.165) is 37.4 Å². The van der Waals surface area contributed by atoms with Gasteiger partial charge in [0.05, 0.1) is 27.4 Å². The summed E-state index contributed by atoms with van der Waals surface area (Å²) in [6.07, 6.45) is 3.44. The molecule has 0 aliphatic carbocycles. The van der Waals surface area contributed by atoms with Gasteiger partial charge in [0.25, 0.3) is 0 Å². The molecule has 33 heavy (non-hydrogen) atoms. The second-order valence-corrected chi connectivity index (χ2v) is 8.93. The molecule has 0 radical (unpaired) electrons. The number of halogens is 3. The van der Waals surface area contributed by atoms with Crippen LogP contribution in [-0.2, 0) is 0 Å². The minimum atomic E-state index is 0.564. The molecule has 6 rings (SSSR count). The molecule has 0 saturated carbocycles. The zero-order valence-electron chi connectivity index (χ0n) is 17.0. The van der Waals surface area contributed by atoms with E-state index in [0.29, 0.717) is 10.3 Å². The van der Waals surface area contributed by atoms with Crippen LogP contribution in [0.4, 0.5) is 0 Å². The second-order valence-electron chi connectivity index (χ2n) is 6.99. The van der Waals surface area contributed by atoms with E-state index < -0.39 is 0 Å². The molecule has 0 spiro atoms. The second kappa shape index (κ2) is 9.46. The molecule has 0 N–H and O–H groups in total. The van der Waals surface area contributed by atoms with E-state index in [1.165, 1.54) is 0 Å². The van der Waals surface area contributed by atoms with E-state index in [1.54, 1.807) is 21.4 Å². The first kappa shape index (κ1) is 21.8. The molecule has 6 aromatic rings. The van der Waals surface area contributed by atoms with Crippen LogP contribution in [0.1, 0.15) is 0 Å². The van der Waals surface area contributed by atoms with Crippen LogP contribution in [-0.4, -0.2) is 29.2 Å². The lowest BCUT2D eigenvalue weighted by atomic mass is 10.1. The minimum absolute atomic E-state index is 0.564. The first-order valence-electron chi connectivity index (χ1n) is 9.91. The third-order valence-corrected chi connectivity index (χ3v) is 6.14. The summed E-state index contributed by atoms with van der Waals surface area (Å²) in [4.78, 5) is 9.06. The van der Waals surface area contributed by atoms with Gasteiger partial charge < -0.3 is 0 Å². The largest absolute Gasteiger partial charge is 0.228 e. The van der Waals surface area contributed by atoms with Crippen molar-refractivity contribution in [3.05, 3.63) is 105 Å². The van der Waals surface area contributed by atoms with E-state index in [1.807, 2.05) is 78.9 Å². The Morgan fingerprint density at radius 1 is 0.667 bits per heavy atom. The van der Waals surface area contributed by atoms with Crippen molar-refractivity contribution < 1.29 is 0 Å². The van der Waals surface area contributed by atoms with Crippen LogP contribution in [0.3, 0.4) is 0 Å². The molecule has 0 saturated heterocycles. The SMILES string of the molecule is Clc1cc(-c2ccccc2)nc2c(I)cnn12.Clc1cc(-c2ccccc2)nc2ccnn12. The first-order chi connectivity index (χ1) is 16.1. The molecule has 4 aromatic heterocycles. The fourth-order valence-electron chi connectivity index (χ4n) is 3.29. The molecule has 162 valence electrons. The van der Waals surface area contributed by atoms with Crippen molar-refractivity contribution in [3.63, 3.8) is 0 Å². The summed E-state index contributed by atoms with van der Waals surface area (Å²) in [5, 5.41) is 9.37. The van der Waals surface area contributed by atoms with Gasteiger partial charge in [-0.25, -0.2) is 19.0 Å². The molecule has 0 aliphatic heterocycles. The lowest BCUT2D eigenvalue weighted by molar-refractivity contribution is 0.942. The molecule has 0 bridgehead atoms. The van der Waals surface area contributed by atoms with Gasteiger partial charge >= 0.3 is 0 Å². The Hall–Kier alpha value is -3.01. The first-order valence-corrected chi connectivity index (χ1v) is 11.7. The van der Waals surface area contributed by atoms with E-state index >= 15 is 0 Å². The highest BCUT2D eigenvalue weighted by Crippen LogP contribution is 2.24. The number of benzene rings is 2. The molecule has 2 aromatic carbocycles. The van der Waals surface area contributed by atoms with E-state index in [-0.39, 0.29) is 0 Å². The van der Waals surface area contributed by atoms with Crippen LogP contribution in [0.25, 0.3) is 33.8 Å². The molecular formula is C24H15Cl2IN6.